The van der Waals surface area contributed by atoms with E-state index >= 15 is 0 Å². The van der Waals surface area contributed by atoms with Gasteiger partial charge in [-0.25, -0.2) is 4.39 Å². The van der Waals surface area contributed by atoms with Crippen LogP contribution in [-0.4, -0.2) is 30.4 Å². The number of nitrogens with zero attached hydrogens (tertiary/aromatic N) is 1. The molecule has 112 valence electrons. The van der Waals surface area contributed by atoms with Gasteiger partial charge in [0.2, 0.25) is 0 Å². The monoisotopic (exact) mass is 412 g/mol. The number of hydrogen-bond donors (Lipinski definition) is 1. The van der Waals surface area contributed by atoms with Crippen molar-refractivity contribution in [2.24, 2.45) is 11.7 Å². The maximum absolute atomic E-state index is 13.1. The topological polar surface area (TPSA) is 46.3 Å². The minimum absolute atomic E-state index is 0. The quantitative estimate of drug-likeness (QED) is 0.776. The van der Waals surface area contributed by atoms with Crippen LogP contribution in [-0.2, 0) is 0 Å². The Balaban J connectivity index is 0.00000200. The predicted octanol–water partition coefficient (Wildman–Crippen LogP) is 3.05. The van der Waals surface area contributed by atoms with Crippen LogP contribution in [0.4, 0.5) is 4.39 Å². The summed E-state index contributed by atoms with van der Waals surface area (Å²) < 4.78 is 13.7. The van der Waals surface area contributed by atoms with Gasteiger partial charge in [-0.2, -0.15) is 0 Å². The molecule has 2 N–H and O–H groups in total. The van der Waals surface area contributed by atoms with Gasteiger partial charge in [-0.3, -0.25) is 4.79 Å². The second-order valence-electron chi connectivity index (χ2n) is 4.96. The first-order valence-corrected chi connectivity index (χ1v) is 7.64. The van der Waals surface area contributed by atoms with E-state index in [0.29, 0.717) is 21.6 Å². The summed E-state index contributed by atoms with van der Waals surface area (Å²) >= 11 is 2.01. The number of likely N-dealkylation sites (tertiary alicyclic amines) is 1. The number of carbonyl (C=O) groups excluding carboxylic acids is 1. The first-order chi connectivity index (χ1) is 9.11. The zero-order valence-corrected chi connectivity index (χ0v) is 14.1. The largest absolute Gasteiger partial charge is 0.338 e. The summed E-state index contributed by atoms with van der Waals surface area (Å²) in [5, 5.41) is 0. The zero-order chi connectivity index (χ0) is 13.8. The highest BCUT2D eigenvalue weighted by molar-refractivity contribution is 14.1. The molecule has 1 aromatic carbocycles. The lowest BCUT2D eigenvalue weighted by Gasteiger charge is -2.33. The van der Waals surface area contributed by atoms with Gasteiger partial charge in [0.05, 0.1) is 5.56 Å². The lowest BCUT2D eigenvalue weighted by Crippen LogP contribution is -2.40. The molecule has 2 rings (SSSR count). The minimum Gasteiger partial charge on any atom is -0.338 e. The minimum atomic E-state index is -0.305. The van der Waals surface area contributed by atoms with Gasteiger partial charge in [0.1, 0.15) is 5.82 Å². The highest BCUT2D eigenvalue weighted by atomic mass is 127. The molecule has 1 saturated heterocycles. The van der Waals surface area contributed by atoms with Crippen LogP contribution in [0, 0.1) is 15.3 Å². The van der Waals surface area contributed by atoms with Gasteiger partial charge in [0.25, 0.3) is 5.91 Å². The summed E-state index contributed by atoms with van der Waals surface area (Å²) in [5.74, 6) is 0.201. The summed E-state index contributed by atoms with van der Waals surface area (Å²) in [7, 11) is 0. The van der Waals surface area contributed by atoms with Crippen LogP contribution in [0.2, 0.25) is 0 Å². The van der Waals surface area contributed by atoms with E-state index in [9.17, 15) is 9.18 Å². The highest BCUT2D eigenvalue weighted by Crippen LogP contribution is 2.22. The standard InChI is InChI=1S/C14H18FIN2O.ClH/c15-11-3-4-12(13(16)8-11)14(19)18-7-1-2-10(9-18)5-6-17;/h3-4,8,10H,1-2,5-7,9,17H2;1H. The second kappa shape index (κ2) is 8.14. The van der Waals surface area contributed by atoms with E-state index in [1.54, 1.807) is 6.07 Å². The van der Waals surface area contributed by atoms with Crippen molar-refractivity contribution >= 4 is 40.9 Å². The van der Waals surface area contributed by atoms with E-state index in [-0.39, 0.29) is 24.1 Å². The van der Waals surface area contributed by atoms with E-state index in [1.807, 2.05) is 27.5 Å². The van der Waals surface area contributed by atoms with Gasteiger partial charge in [0.15, 0.2) is 0 Å². The Bertz CT molecular complexity index is 470. The molecule has 1 fully saturated rings. The Morgan fingerprint density at radius 1 is 1.50 bits per heavy atom. The van der Waals surface area contributed by atoms with Gasteiger partial charge in [0, 0.05) is 16.7 Å². The molecule has 1 heterocycles. The molecule has 6 heteroatoms. The molecule has 0 aliphatic carbocycles. The number of rotatable bonds is 3. The van der Waals surface area contributed by atoms with Crippen LogP contribution >= 0.6 is 35.0 Å². The Kier molecular flexibility index (Phi) is 7.19. The third kappa shape index (κ3) is 4.30. The van der Waals surface area contributed by atoms with Gasteiger partial charge in [-0.1, -0.05) is 0 Å². The normalized spacial score (nSPS) is 18.6. The van der Waals surface area contributed by atoms with Crippen LogP contribution in [0.5, 0.6) is 0 Å². The molecule has 1 aromatic rings. The average Bonchev–Trinajstić information content (AvgIpc) is 2.39. The third-order valence-corrected chi connectivity index (χ3v) is 4.44. The van der Waals surface area contributed by atoms with E-state index in [4.69, 9.17) is 5.73 Å². The van der Waals surface area contributed by atoms with Crippen molar-refractivity contribution in [3.63, 3.8) is 0 Å². The number of nitrogens with two attached hydrogens (primary N) is 1. The number of amides is 1. The molecule has 1 unspecified atom stereocenters. The lowest BCUT2D eigenvalue weighted by molar-refractivity contribution is 0.0668. The summed E-state index contributed by atoms with van der Waals surface area (Å²) in [4.78, 5) is 14.3. The second-order valence-corrected chi connectivity index (χ2v) is 6.12. The smallest absolute Gasteiger partial charge is 0.254 e. The van der Waals surface area contributed by atoms with E-state index < -0.39 is 0 Å². The fourth-order valence-corrected chi connectivity index (χ4v) is 3.26. The van der Waals surface area contributed by atoms with Crippen molar-refractivity contribution in [1.82, 2.24) is 4.90 Å². The van der Waals surface area contributed by atoms with Gasteiger partial charge in [-0.15, -0.1) is 12.4 Å². The fraction of sp³-hybridized carbons (Fsp3) is 0.500. The van der Waals surface area contributed by atoms with Crippen molar-refractivity contribution in [2.45, 2.75) is 19.3 Å². The van der Waals surface area contributed by atoms with E-state index in [2.05, 4.69) is 0 Å². The maximum atomic E-state index is 13.1. The molecule has 20 heavy (non-hydrogen) atoms. The Hall–Kier alpha value is -0.400. The van der Waals surface area contributed by atoms with Crippen LogP contribution in [0.1, 0.15) is 29.6 Å². The van der Waals surface area contributed by atoms with Crippen molar-refractivity contribution < 1.29 is 9.18 Å². The van der Waals surface area contributed by atoms with Gasteiger partial charge >= 0.3 is 0 Å². The molecule has 0 saturated carbocycles. The average molecular weight is 413 g/mol. The molecule has 1 aliphatic heterocycles. The number of carbonyl (C=O) groups is 1. The van der Waals surface area contributed by atoms with Crippen LogP contribution in [0.15, 0.2) is 18.2 Å². The van der Waals surface area contributed by atoms with Gasteiger partial charge in [-0.05, 0) is 72.5 Å². The van der Waals surface area contributed by atoms with Crippen LogP contribution in [0.25, 0.3) is 0 Å². The first kappa shape index (κ1) is 17.7. The summed E-state index contributed by atoms with van der Waals surface area (Å²) in [6.45, 7) is 2.22. The number of benzene rings is 1. The lowest BCUT2D eigenvalue weighted by atomic mass is 9.94. The van der Waals surface area contributed by atoms with Crippen LogP contribution in [0.3, 0.4) is 0 Å². The SMILES string of the molecule is Cl.NCCC1CCCN(C(=O)c2ccc(F)cc2I)C1. The molecule has 0 aromatic heterocycles. The third-order valence-electron chi connectivity index (χ3n) is 3.54. The predicted molar refractivity (Wildman–Crippen MR) is 88.7 cm³/mol. The van der Waals surface area contributed by atoms with E-state index in [1.165, 1.54) is 12.1 Å². The molecule has 0 bridgehead atoms. The molecule has 1 amide bonds. The van der Waals surface area contributed by atoms with Gasteiger partial charge < -0.3 is 10.6 Å². The fourth-order valence-electron chi connectivity index (χ4n) is 2.55. The highest BCUT2D eigenvalue weighted by Gasteiger charge is 2.25. The molecule has 0 radical (unpaired) electrons. The summed E-state index contributed by atoms with van der Waals surface area (Å²) in [6.07, 6.45) is 3.12. The zero-order valence-electron chi connectivity index (χ0n) is 11.1. The molecule has 1 aliphatic rings. The van der Waals surface area contributed by atoms with Crippen molar-refractivity contribution in [2.75, 3.05) is 19.6 Å². The molecule has 0 spiro atoms. The Labute approximate surface area is 138 Å². The number of halogens is 3. The first-order valence-electron chi connectivity index (χ1n) is 6.56. The van der Waals surface area contributed by atoms with Crippen molar-refractivity contribution in [3.05, 3.63) is 33.1 Å². The maximum Gasteiger partial charge on any atom is 0.254 e. The summed E-state index contributed by atoms with van der Waals surface area (Å²) in [6, 6.07) is 4.32. The molecular weight excluding hydrogens is 394 g/mol. The van der Waals surface area contributed by atoms with E-state index in [0.717, 1.165) is 32.4 Å². The van der Waals surface area contributed by atoms with Crippen molar-refractivity contribution in [3.8, 4) is 0 Å². The Morgan fingerprint density at radius 2 is 2.25 bits per heavy atom. The number of hydrogen-bond acceptors (Lipinski definition) is 2. The molecular formula is C14H19ClFIN2O. The number of piperidine rings is 1. The molecule has 1 atom stereocenters. The molecule has 3 nitrogen and oxygen atoms in total. The van der Waals surface area contributed by atoms with Crippen molar-refractivity contribution in [1.29, 1.82) is 0 Å². The Morgan fingerprint density at radius 3 is 2.90 bits per heavy atom. The van der Waals surface area contributed by atoms with Crippen LogP contribution < -0.4 is 5.73 Å². The summed E-state index contributed by atoms with van der Waals surface area (Å²) in [5.41, 5.74) is 6.18.